The van der Waals surface area contributed by atoms with E-state index in [1.54, 1.807) is 48.5 Å². The summed E-state index contributed by atoms with van der Waals surface area (Å²) in [5, 5.41) is 20.7. The van der Waals surface area contributed by atoms with Crippen molar-refractivity contribution in [3.63, 3.8) is 0 Å². The fourth-order valence-electron chi connectivity index (χ4n) is 3.26. The van der Waals surface area contributed by atoms with Crippen molar-refractivity contribution in [2.45, 2.75) is 12.6 Å². The standard InChI is InChI=1S/C21H15N3O6/c25-20-18(13-6-2-1-3-7-13)30-16-10-11-17(24(28)29)22-19(16)23(20)12-14-8-4-5-9-15(14)21(26)27/h1-11,18H,12H2,(H,26,27). The van der Waals surface area contributed by atoms with Gasteiger partial charge in [0.05, 0.1) is 12.1 Å². The lowest BCUT2D eigenvalue weighted by molar-refractivity contribution is -0.389. The van der Waals surface area contributed by atoms with Crippen molar-refractivity contribution in [1.29, 1.82) is 0 Å². The summed E-state index contributed by atoms with van der Waals surface area (Å²) < 4.78 is 5.82. The van der Waals surface area contributed by atoms with Crippen LogP contribution >= 0.6 is 0 Å². The largest absolute Gasteiger partial charge is 0.478 e. The van der Waals surface area contributed by atoms with E-state index >= 15 is 0 Å². The first-order valence-corrected chi connectivity index (χ1v) is 8.95. The number of anilines is 1. The van der Waals surface area contributed by atoms with Gasteiger partial charge < -0.3 is 20.0 Å². The van der Waals surface area contributed by atoms with E-state index in [1.807, 2.05) is 0 Å². The number of hydrogen-bond donors (Lipinski definition) is 1. The molecule has 1 aliphatic heterocycles. The molecule has 0 bridgehead atoms. The number of carboxylic acid groups (broad SMARTS) is 1. The maximum Gasteiger partial charge on any atom is 0.366 e. The quantitative estimate of drug-likeness (QED) is 0.510. The van der Waals surface area contributed by atoms with Crippen LogP contribution in [0.1, 0.15) is 27.6 Å². The topological polar surface area (TPSA) is 123 Å². The summed E-state index contributed by atoms with van der Waals surface area (Å²) in [6.45, 7) is -0.130. The fourth-order valence-corrected chi connectivity index (χ4v) is 3.26. The Labute approximate surface area is 170 Å². The van der Waals surface area contributed by atoms with Crippen molar-refractivity contribution in [3.8, 4) is 5.75 Å². The SMILES string of the molecule is O=C(O)c1ccccc1CN1C(=O)C(c2ccccc2)Oc2ccc([N+](=O)[O-])nc21. The maximum absolute atomic E-state index is 13.3. The van der Waals surface area contributed by atoms with E-state index in [0.29, 0.717) is 11.1 Å². The number of rotatable bonds is 5. The third kappa shape index (κ3) is 3.44. The van der Waals surface area contributed by atoms with Gasteiger partial charge in [0, 0.05) is 11.6 Å². The zero-order valence-electron chi connectivity index (χ0n) is 15.5. The molecule has 0 radical (unpaired) electrons. The molecule has 2 aromatic carbocycles. The number of carboxylic acids is 1. The van der Waals surface area contributed by atoms with Crippen molar-refractivity contribution in [2.75, 3.05) is 4.90 Å². The summed E-state index contributed by atoms with van der Waals surface area (Å²) in [6, 6.07) is 17.6. The molecule has 30 heavy (non-hydrogen) atoms. The monoisotopic (exact) mass is 405 g/mol. The van der Waals surface area contributed by atoms with E-state index in [4.69, 9.17) is 4.74 Å². The summed E-state index contributed by atoms with van der Waals surface area (Å²) in [5.74, 6) is -1.91. The first-order chi connectivity index (χ1) is 14.5. The molecule has 2 heterocycles. The van der Waals surface area contributed by atoms with Crippen LogP contribution < -0.4 is 9.64 Å². The Bertz CT molecular complexity index is 1150. The molecule has 9 nitrogen and oxygen atoms in total. The first-order valence-electron chi connectivity index (χ1n) is 8.95. The number of aromatic carboxylic acids is 1. The highest BCUT2D eigenvalue weighted by molar-refractivity contribution is 6.00. The Hall–Kier alpha value is -4.27. The van der Waals surface area contributed by atoms with Crippen molar-refractivity contribution in [3.05, 3.63) is 93.5 Å². The zero-order chi connectivity index (χ0) is 21.3. The molecule has 0 spiro atoms. The third-order valence-electron chi connectivity index (χ3n) is 4.68. The number of aromatic nitrogens is 1. The van der Waals surface area contributed by atoms with Crippen LogP contribution in [-0.4, -0.2) is 26.9 Å². The lowest BCUT2D eigenvalue weighted by Gasteiger charge is -2.31. The Balaban J connectivity index is 1.82. The minimum Gasteiger partial charge on any atom is -0.478 e. The number of hydrogen-bond acceptors (Lipinski definition) is 6. The second kappa shape index (κ2) is 7.63. The third-order valence-corrected chi connectivity index (χ3v) is 4.68. The second-order valence-electron chi connectivity index (χ2n) is 6.54. The van der Waals surface area contributed by atoms with Crippen molar-refractivity contribution in [1.82, 2.24) is 4.98 Å². The van der Waals surface area contributed by atoms with Gasteiger partial charge in [0.25, 0.3) is 11.7 Å². The molecule has 0 fully saturated rings. The summed E-state index contributed by atoms with van der Waals surface area (Å²) in [5.41, 5.74) is 0.995. The van der Waals surface area contributed by atoms with Crippen molar-refractivity contribution >= 4 is 23.5 Å². The van der Waals surface area contributed by atoms with Crippen LogP contribution in [0.3, 0.4) is 0 Å². The number of carbonyl (C=O) groups is 2. The van der Waals surface area contributed by atoms with E-state index in [9.17, 15) is 24.8 Å². The van der Waals surface area contributed by atoms with Gasteiger partial charge in [-0.2, -0.15) is 0 Å². The Kier molecular flexibility index (Phi) is 4.85. The highest BCUT2D eigenvalue weighted by atomic mass is 16.6. The van der Waals surface area contributed by atoms with Crippen LogP contribution in [0.5, 0.6) is 5.75 Å². The van der Waals surface area contributed by atoms with Crippen LogP contribution in [-0.2, 0) is 11.3 Å². The molecule has 1 aliphatic rings. The Morgan fingerprint density at radius 3 is 2.50 bits per heavy atom. The van der Waals surface area contributed by atoms with Gasteiger partial charge in [-0.1, -0.05) is 48.5 Å². The average molecular weight is 405 g/mol. The molecule has 150 valence electrons. The van der Waals surface area contributed by atoms with E-state index in [2.05, 4.69) is 4.98 Å². The molecule has 4 rings (SSSR count). The smallest absolute Gasteiger partial charge is 0.366 e. The number of nitrogens with zero attached hydrogens (tertiary/aromatic N) is 3. The van der Waals surface area contributed by atoms with Gasteiger partial charge in [0.1, 0.15) is 0 Å². The molecule has 3 aromatic rings. The van der Waals surface area contributed by atoms with Crippen LogP contribution in [0.2, 0.25) is 0 Å². The van der Waals surface area contributed by atoms with Gasteiger partial charge >= 0.3 is 11.8 Å². The molecule has 0 saturated carbocycles. The maximum atomic E-state index is 13.3. The molecule has 1 amide bonds. The number of carbonyl (C=O) groups excluding carboxylic acids is 1. The predicted octanol–water partition coefficient (Wildman–Crippen LogP) is 3.35. The second-order valence-corrected chi connectivity index (χ2v) is 6.54. The Morgan fingerprint density at radius 2 is 1.80 bits per heavy atom. The number of pyridine rings is 1. The van der Waals surface area contributed by atoms with Crippen molar-refractivity contribution < 1.29 is 24.4 Å². The van der Waals surface area contributed by atoms with E-state index < -0.39 is 28.7 Å². The normalized spacial score (nSPS) is 15.3. The minimum atomic E-state index is -1.14. The summed E-state index contributed by atoms with van der Waals surface area (Å²) >= 11 is 0. The lowest BCUT2D eigenvalue weighted by Crippen LogP contribution is -2.41. The van der Waals surface area contributed by atoms with Crippen LogP contribution in [0.4, 0.5) is 11.6 Å². The summed E-state index contributed by atoms with van der Waals surface area (Å²) in [7, 11) is 0. The molecule has 1 atom stereocenters. The fraction of sp³-hybridized carbons (Fsp3) is 0.0952. The summed E-state index contributed by atoms with van der Waals surface area (Å²) in [4.78, 5) is 40.6. The number of fused-ring (bicyclic) bond motifs is 1. The number of ether oxygens (including phenoxy) is 1. The number of benzene rings is 2. The molecule has 0 saturated heterocycles. The van der Waals surface area contributed by atoms with Crippen LogP contribution in [0.25, 0.3) is 0 Å². The zero-order valence-corrected chi connectivity index (χ0v) is 15.5. The van der Waals surface area contributed by atoms with Gasteiger partial charge in [0.2, 0.25) is 6.10 Å². The predicted molar refractivity (Wildman–Crippen MR) is 105 cm³/mol. The first kappa shape index (κ1) is 19.1. The molecular formula is C21H15N3O6. The highest BCUT2D eigenvalue weighted by Gasteiger charge is 2.40. The van der Waals surface area contributed by atoms with E-state index in [0.717, 1.165) is 0 Å². The molecular weight excluding hydrogens is 390 g/mol. The number of amides is 1. The van der Waals surface area contributed by atoms with E-state index in [1.165, 1.54) is 23.1 Å². The van der Waals surface area contributed by atoms with Crippen molar-refractivity contribution in [2.24, 2.45) is 0 Å². The van der Waals surface area contributed by atoms with E-state index in [-0.39, 0.29) is 23.7 Å². The average Bonchev–Trinajstić information content (AvgIpc) is 2.76. The molecule has 0 aliphatic carbocycles. The highest BCUT2D eigenvalue weighted by Crippen LogP contribution is 2.39. The van der Waals surface area contributed by atoms with Crippen LogP contribution in [0, 0.1) is 10.1 Å². The minimum absolute atomic E-state index is 0.0263. The van der Waals surface area contributed by atoms with Gasteiger partial charge in [-0.05, 0) is 27.6 Å². The van der Waals surface area contributed by atoms with Crippen LogP contribution in [0.15, 0.2) is 66.7 Å². The van der Waals surface area contributed by atoms with Gasteiger partial charge in [-0.3, -0.25) is 9.69 Å². The molecule has 1 N–H and O–H groups in total. The molecule has 1 unspecified atom stereocenters. The number of nitro groups is 1. The van der Waals surface area contributed by atoms with Gasteiger partial charge in [-0.15, -0.1) is 0 Å². The lowest BCUT2D eigenvalue weighted by atomic mass is 10.0. The van der Waals surface area contributed by atoms with Gasteiger partial charge in [0.15, 0.2) is 5.75 Å². The van der Waals surface area contributed by atoms with Gasteiger partial charge in [-0.25, -0.2) is 4.79 Å². The summed E-state index contributed by atoms with van der Waals surface area (Å²) in [6.07, 6.45) is -0.987. The molecule has 9 heteroatoms. The Morgan fingerprint density at radius 1 is 1.10 bits per heavy atom. The molecule has 1 aromatic heterocycles.